The highest BCUT2D eigenvalue weighted by molar-refractivity contribution is 7.99. The van der Waals surface area contributed by atoms with Gasteiger partial charge >= 0.3 is 12.4 Å². The molecule has 0 unspecified atom stereocenters. The molecule has 0 aromatic heterocycles. The number of urea groups is 1. The van der Waals surface area contributed by atoms with Crippen LogP contribution in [0.2, 0.25) is 0 Å². The zero-order chi connectivity index (χ0) is 21.6. The summed E-state index contributed by atoms with van der Waals surface area (Å²) < 4.78 is 40.5. The van der Waals surface area contributed by atoms with Gasteiger partial charge in [0.15, 0.2) is 0 Å². The Morgan fingerprint density at radius 3 is 2.23 bits per heavy atom. The van der Waals surface area contributed by atoms with Crippen molar-refractivity contribution >= 4 is 29.2 Å². The molecule has 2 N–H and O–H groups in total. The predicted molar refractivity (Wildman–Crippen MR) is 114 cm³/mol. The SMILES string of the molecule is CCSc1ccc(-c2ccccc2NC(=O)Nc2ccc(OC(F)(F)F)cc2)cc1. The monoisotopic (exact) mass is 432 g/mol. The topological polar surface area (TPSA) is 50.4 Å². The van der Waals surface area contributed by atoms with Crippen LogP contribution in [0.25, 0.3) is 11.1 Å². The van der Waals surface area contributed by atoms with Gasteiger partial charge in [0.2, 0.25) is 0 Å². The molecular formula is C22H19F3N2O2S. The first-order chi connectivity index (χ1) is 14.3. The molecule has 0 atom stereocenters. The second-order valence-electron chi connectivity index (χ2n) is 6.15. The fourth-order valence-corrected chi connectivity index (χ4v) is 3.43. The zero-order valence-corrected chi connectivity index (χ0v) is 16.8. The van der Waals surface area contributed by atoms with Crippen molar-refractivity contribution in [3.63, 3.8) is 0 Å². The van der Waals surface area contributed by atoms with Gasteiger partial charge in [-0.15, -0.1) is 24.9 Å². The molecular weight excluding hydrogens is 413 g/mol. The van der Waals surface area contributed by atoms with Crippen LogP contribution in [0.4, 0.5) is 29.3 Å². The number of carbonyl (C=O) groups is 1. The summed E-state index contributed by atoms with van der Waals surface area (Å²) in [5.74, 6) is 0.629. The molecule has 3 aromatic carbocycles. The Bertz CT molecular complexity index is 991. The molecule has 30 heavy (non-hydrogen) atoms. The Labute approximate surface area is 176 Å². The van der Waals surface area contributed by atoms with Gasteiger partial charge in [-0.3, -0.25) is 0 Å². The molecule has 0 fully saturated rings. The van der Waals surface area contributed by atoms with Gasteiger partial charge in [-0.25, -0.2) is 4.79 Å². The van der Waals surface area contributed by atoms with Gasteiger partial charge in [-0.05, 0) is 53.8 Å². The summed E-state index contributed by atoms with van der Waals surface area (Å²) in [6, 6.07) is 19.8. The highest BCUT2D eigenvalue weighted by Crippen LogP contribution is 2.30. The molecule has 156 valence electrons. The van der Waals surface area contributed by atoms with Crippen molar-refractivity contribution in [1.29, 1.82) is 0 Å². The van der Waals surface area contributed by atoms with E-state index in [1.54, 1.807) is 17.8 Å². The third-order valence-corrected chi connectivity index (χ3v) is 4.89. The van der Waals surface area contributed by atoms with Gasteiger partial charge in [0.05, 0.1) is 5.69 Å². The van der Waals surface area contributed by atoms with Gasteiger partial charge in [0.1, 0.15) is 5.75 Å². The van der Waals surface area contributed by atoms with Crippen LogP contribution >= 0.6 is 11.8 Å². The minimum atomic E-state index is -4.76. The molecule has 4 nitrogen and oxygen atoms in total. The van der Waals surface area contributed by atoms with E-state index >= 15 is 0 Å². The van der Waals surface area contributed by atoms with E-state index in [2.05, 4.69) is 22.3 Å². The van der Waals surface area contributed by atoms with E-state index in [0.717, 1.165) is 29.0 Å². The first-order valence-corrected chi connectivity index (χ1v) is 10.1. The fraction of sp³-hybridized carbons (Fsp3) is 0.136. The van der Waals surface area contributed by atoms with Crippen molar-refractivity contribution in [3.05, 3.63) is 72.8 Å². The Morgan fingerprint density at radius 1 is 0.933 bits per heavy atom. The van der Waals surface area contributed by atoms with E-state index in [-0.39, 0.29) is 5.75 Å². The van der Waals surface area contributed by atoms with Crippen molar-refractivity contribution in [1.82, 2.24) is 0 Å². The van der Waals surface area contributed by atoms with Crippen molar-refractivity contribution in [2.24, 2.45) is 0 Å². The van der Waals surface area contributed by atoms with Crippen molar-refractivity contribution < 1.29 is 22.7 Å². The average molecular weight is 432 g/mol. The van der Waals surface area contributed by atoms with Crippen LogP contribution in [0.1, 0.15) is 6.92 Å². The quantitative estimate of drug-likeness (QED) is 0.412. The van der Waals surface area contributed by atoms with E-state index in [0.29, 0.717) is 11.4 Å². The summed E-state index contributed by atoms with van der Waals surface area (Å²) in [6.07, 6.45) is -4.76. The lowest BCUT2D eigenvalue weighted by Crippen LogP contribution is -2.20. The minimum absolute atomic E-state index is 0.334. The molecule has 0 saturated carbocycles. The number of para-hydroxylation sites is 1. The van der Waals surface area contributed by atoms with Crippen molar-refractivity contribution in [2.75, 3.05) is 16.4 Å². The molecule has 0 radical (unpaired) electrons. The number of nitrogens with one attached hydrogen (secondary N) is 2. The van der Waals surface area contributed by atoms with Crippen LogP contribution < -0.4 is 15.4 Å². The van der Waals surface area contributed by atoms with E-state index in [1.807, 2.05) is 42.5 Å². The number of thioether (sulfide) groups is 1. The predicted octanol–water partition coefficient (Wildman–Crippen LogP) is 7.01. The molecule has 0 aliphatic carbocycles. The van der Waals surface area contributed by atoms with Crippen LogP contribution in [0.15, 0.2) is 77.7 Å². The number of hydrogen-bond donors (Lipinski definition) is 2. The Kier molecular flexibility index (Phi) is 6.89. The number of ether oxygens (including phenoxy) is 1. The Morgan fingerprint density at radius 2 is 1.60 bits per heavy atom. The highest BCUT2D eigenvalue weighted by atomic mass is 32.2. The Hall–Kier alpha value is -3.13. The van der Waals surface area contributed by atoms with E-state index < -0.39 is 12.4 Å². The van der Waals surface area contributed by atoms with E-state index in [1.165, 1.54) is 17.0 Å². The summed E-state index contributed by atoms with van der Waals surface area (Å²) >= 11 is 1.75. The van der Waals surface area contributed by atoms with Crippen LogP contribution in [-0.4, -0.2) is 18.1 Å². The number of anilines is 2. The number of carbonyl (C=O) groups excluding carboxylic acids is 1. The molecule has 0 spiro atoms. The first-order valence-electron chi connectivity index (χ1n) is 9.10. The molecule has 0 aliphatic heterocycles. The van der Waals surface area contributed by atoms with Crippen LogP contribution in [0.3, 0.4) is 0 Å². The average Bonchev–Trinajstić information content (AvgIpc) is 2.70. The second kappa shape index (κ2) is 9.58. The first kappa shape index (κ1) is 21.6. The normalized spacial score (nSPS) is 11.1. The van der Waals surface area contributed by atoms with E-state index in [4.69, 9.17) is 0 Å². The highest BCUT2D eigenvalue weighted by Gasteiger charge is 2.30. The van der Waals surface area contributed by atoms with Crippen molar-refractivity contribution in [3.8, 4) is 16.9 Å². The third-order valence-electron chi connectivity index (χ3n) is 4.00. The van der Waals surface area contributed by atoms with Gasteiger partial charge < -0.3 is 15.4 Å². The van der Waals surface area contributed by atoms with E-state index in [9.17, 15) is 18.0 Å². The lowest BCUT2D eigenvalue weighted by atomic mass is 10.0. The van der Waals surface area contributed by atoms with Crippen molar-refractivity contribution in [2.45, 2.75) is 18.2 Å². The van der Waals surface area contributed by atoms with Gasteiger partial charge in [0.25, 0.3) is 0 Å². The standard InChI is InChI=1S/C22H19F3N2O2S/c1-2-30-18-13-7-15(8-14-18)19-5-3-4-6-20(19)27-21(28)26-16-9-11-17(12-10-16)29-22(23,24)25/h3-14H,2H2,1H3,(H2,26,27,28). The number of hydrogen-bond acceptors (Lipinski definition) is 3. The molecule has 0 saturated heterocycles. The molecule has 0 aliphatic rings. The van der Waals surface area contributed by atoms with Crippen LogP contribution in [0, 0.1) is 0 Å². The number of alkyl halides is 3. The van der Waals surface area contributed by atoms with Gasteiger partial charge in [-0.1, -0.05) is 37.3 Å². The lowest BCUT2D eigenvalue weighted by molar-refractivity contribution is -0.274. The Balaban J connectivity index is 1.68. The smallest absolute Gasteiger partial charge is 0.406 e. The number of rotatable bonds is 6. The fourth-order valence-electron chi connectivity index (χ4n) is 2.77. The number of halogens is 3. The summed E-state index contributed by atoms with van der Waals surface area (Å²) in [6.45, 7) is 2.09. The molecule has 3 rings (SSSR count). The lowest BCUT2D eigenvalue weighted by Gasteiger charge is -2.13. The molecule has 0 bridgehead atoms. The summed E-state index contributed by atoms with van der Waals surface area (Å²) in [5, 5.41) is 5.38. The largest absolute Gasteiger partial charge is 0.573 e. The summed E-state index contributed by atoms with van der Waals surface area (Å²) in [7, 11) is 0. The van der Waals surface area contributed by atoms with Gasteiger partial charge in [0, 0.05) is 16.1 Å². The van der Waals surface area contributed by atoms with Crippen LogP contribution in [0.5, 0.6) is 5.75 Å². The minimum Gasteiger partial charge on any atom is -0.406 e. The second-order valence-corrected chi connectivity index (χ2v) is 7.49. The molecule has 3 aromatic rings. The van der Waals surface area contributed by atoms with Crippen LogP contribution in [-0.2, 0) is 0 Å². The maximum atomic E-state index is 12.4. The summed E-state index contributed by atoms with van der Waals surface area (Å²) in [5.41, 5.74) is 2.76. The maximum Gasteiger partial charge on any atom is 0.573 e. The molecule has 8 heteroatoms. The maximum absolute atomic E-state index is 12.4. The third kappa shape index (κ3) is 6.18. The number of amides is 2. The zero-order valence-electron chi connectivity index (χ0n) is 16.0. The number of benzene rings is 3. The molecule has 0 heterocycles. The molecule has 2 amide bonds. The van der Waals surface area contributed by atoms with Gasteiger partial charge in [-0.2, -0.15) is 0 Å². The summed E-state index contributed by atoms with van der Waals surface area (Å²) in [4.78, 5) is 13.6.